The second-order valence-corrected chi connectivity index (χ2v) is 8.29. The van der Waals surface area contributed by atoms with Gasteiger partial charge in [-0.2, -0.15) is 0 Å². The highest BCUT2D eigenvalue weighted by Crippen LogP contribution is 2.36. The van der Waals surface area contributed by atoms with E-state index < -0.39 is 0 Å². The third-order valence-electron chi connectivity index (χ3n) is 5.31. The standard InChI is InChI=1S/C23H26FN5O2S/c1-16(30)26-20-15-18(7-8-25-20)22-21(17-3-5-19(24)6-4-17)27-23(32-2)29(22)10-9-28-11-13-31-14-12-28/h3-8,15H,9-14H2,1-2H3,(H,25,26,30). The molecule has 1 N–H and O–H groups in total. The van der Waals surface area contributed by atoms with E-state index in [1.54, 1.807) is 30.1 Å². The maximum absolute atomic E-state index is 13.6. The first-order valence-electron chi connectivity index (χ1n) is 10.5. The zero-order valence-electron chi connectivity index (χ0n) is 18.2. The summed E-state index contributed by atoms with van der Waals surface area (Å²) in [5, 5.41) is 3.63. The summed E-state index contributed by atoms with van der Waals surface area (Å²) in [5.41, 5.74) is 3.41. The van der Waals surface area contributed by atoms with Gasteiger partial charge in [-0.25, -0.2) is 14.4 Å². The van der Waals surface area contributed by atoms with Gasteiger partial charge in [0.15, 0.2) is 5.16 Å². The zero-order chi connectivity index (χ0) is 22.5. The highest BCUT2D eigenvalue weighted by atomic mass is 32.2. The van der Waals surface area contributed by atoms with Gasteiger partial charge in [0.05, 0.1) is 24.6 Å². The average molecular weight is 456 g/mol. The van der Waals surface area contributed by atoms with E-state index in [9.17, 15) is 9.18 Å². The molecule has 4 rings (SSSR count). The largest absolute Gasteiger partial charge is 0.379 e. The van der Waals surface area contributed by atoms with E-state index in [0.29, 0.717) is 5.82 Å². The van der Waals surface area contributed by atoms with Gasteiger partial charge in [0.1, 0.15) is 11.6 Å². The van der Waals surface area contributed by atoms with Gasteiger partial charge in [-0.05, 0) is 42.7 Å². The Balaban J connectivity index is 1.79. The number of carbonyl (C=O) groups is 1. The molecular weight excluding hydrogens is 429 g/mol. The Hall–Kier alpha value is -2.75. The minimum absolute atomic E-state index is 0.181. The predicted molar refractivity (Wildman–Crippen MR) is 124 cm³/mol. The number of hydrogen-bond donors (Lipinski definition) is 1. The summed E-state index contributed by atoms with van der Waals surface area (Å²) >= 11 is 1.57. The smallest absolute Gasteiger partial charge is 0.222 e. The van der Waals surface area contributed by atoms with Gasteiger partial charge in [0.2, 0.25) is 5.91 Å². The first-order chi connectivity index (χ1) is 15.5. The summed E-state index contributed by atoms with van der Waals surface area (Å²) in [4.78, 5) is 23.1. The molecule has 0 atom stereocenters. The van der Waals surface area contributed by atoms with Crippen LogP contribution in [0.2, 0.25) is 0 Å². The maximum atomic E-state index is 13.6. The summed E-state index contributed by atoms with van der Waals surface area (Å²) in [6.07, 6.45) is 3.67. The SMILES string of the molecule is CSc1nc(-c2ccc(F)cc2)c(-c2ccnc(NC(C)=O)c2)n1CCN1CCOCC1. The van der Waals surface area contributed by atoms with Crippen LogP contribution in [0.15, 0.2) is 47.8 Å². The molecule has 0 unspecified atom stereocenters. The molecule has 0 bridgehead atoms. The van der Waals surface area contributed by atoms with Crippen molar-refractivity contribution in [1.82, 2.24) is 19.4 Å². The molecule has 7 nitrogen and oxygen atoms in total. The van der Waals surface area contributed by atoms with Crippen LogP contribution in [0, 0.1) is 5.82 Å². The number of anilines is 1. The molecule has 1 saturated heterocycles. The highest BCUT2D eigenvalue weighted by Gasteiger charge is 2.21. The van der Waals surface area contributed by atoms with E-state index in [-0.39, 0.29) is 11.7 Å². The van der Waals surface area contributed by atoms with Crippen molar-refractivity contribution in [2.75, 3.05) is 44.4 Å². The van der Waals surface area contributed by atoms with E-state index in [1.165, 1.54) is 19.1 Å². The molecule has 1 aliphatic heterocycles. The van der Waals surface area contributed by atoms with Crippen LogP contribution in [-0.2, 0) is 16.1 Å². The molecule has 1 amide bonds. The lowest BCUT2D eigenvalue weighted by molar-refractivity contribution is -0.114. The fraction of sp³-hybridized carbons (Fsp3) is 0.348. The summed E-state index contributed by atoms with van der Waals surface area (Å²) < 4.78 is 21.3. The molecule has 9 heteroatoms. The molecule has 0 spiro atoms. The number of rotatable bonds is 7. The number of halogens is 1. The Labute approximate surface area is 191 Å². The monoisotopic (exact) mass is 455 g/mol. The zero-order valence-corrected chi connectivity index (χ0v) is 19.0. The molecular formula is C23H26FN5O2S. The van der Waals surface area contributed by atoms with Crippen LogP contribution in [0.5, 0.6) is 0 Å². The van der Waals surface area contributed by atoms with Crippen LogP contribution in [0.1, 0.15) is 6.92 Å². The van der Waals surface area contributed by atoms with E-state index in [2.05, 4.69) is 19.8 Å². The van der Waals surface area contributed by atoms with Crippen LogP contribution < -0.4 is 5.32 Å². The fourth-order valence-corrected chi connectivity index (χ4v) is 4.38. The molecule has 1 fully saturated rings. The van der Waals surface area contributed by atoms with Crippen LogP contribution in [0.25, 0.3) is 22.5 Å². The van der Waals surface area contributed by atoms with E-state index >= 15 is 0 Å². The number of amides is 1. The molecule has 2 aromatic heterocycles. The number of pyridine rings is 1. The number of nitrogens with zero attached hydrogens (tertiary/aromatic N) is 4. The molecule has 3 aromatic rings. The Kier molecular flexibility index (Phi) is 7.19. The third kappa shape index (κ3) is 5.17. The fourth-order valence-electron chi connectivity index (χ4n) is 3.79. The number of morpholine rings is 1. The minimum atomic E-state index is -0.288. The molecule has 0 aliphatic carbocycles. The van der Waals surface area contributed by atoms with Crippen LogP contribution in [-0.4, -0.2) is 64.4 Å². The molecule has 168 valence electrons. The Bertz CT molecular complexity index is 1080. The molecule has 0 radical (unpaired) electrons. The molecule has 32 heavy (non-hydrogen) atoms. The third-order valence-corrected chi connectivity index (χ3v) is 5.99. The summed E-state index contributed by atoms with van der Waals surface area (Å²) in [6.45, 7) is 6.38. The van der Waals surface area contributed by atoms with Crippen LogP contribution >= 0.6 is 11.8 Å². The van der Waals surface area contributed by atoms with Crippen molar-refractivity contribution in [2.24, 2.45) is 0 Å². The van der Waals surface area contributed by atoms with Crippen molar-refractivity contribution in [2.45, 2.75) is 18.6 Å². The predicted octanol–water partition coefficient (Wildman–Crippen LogP) is 3.76. The van der Waals surface area contributed by atoms with Gasteiger partial charge < -0.3 is 14.6 Å². The van der Waals surface area contributed by atoms with Crippen LogP contribution in [0.3, 0.4) is 0 Å². The highest BCUT2D eigenvalue weighted by molar-refractivity contribution is 7.98. The number of ether oxygens (including phenoxy) is 1. The lowest BCUT2D eigenvalue weighted by atomic mass is 10.1. The van der Waals surface area contributed by atoms with Crippen molar-refractivity contribution in [3.63, 3.8) is 0 Å². The number of aromatic nitrogens is 3. The molecule has 1 aromatic carbocycles. The van der Waals surface area contributed by atoms with Gasteiger partial charge in [0.25, 0.3) is 0 Å². The number of imidazole rings is 1. The van der Waals surface area contributed by atoms with Gasteiger partial charge in [-0.15, -0.1) is 0 Å². The van der Waals surface area contributed by atoms with E-state index in [0.717, 1.165) is 67.1 Å². The van der Waals surface area contributed by atoms with Crippen molar-refractivity contribution in [1.29, 1.82) is 0 Å². The van der Waals surface area contributed by atoms with Crippen molar-refractivity contribution < 1.29 is 13.9 Å². The van der Waals surface area contributed by atoms with E-state index in [1.807, 2.05) is 18.4 Å². The number of carbonyl (C=O) groups excluding carboxylic acids is 1. The topological polar surface area (TPSA) is 72.3 Å². The Morgan fingerprint density at radius 2 is 1.91 bits per heavy atom. The van der Waals surface area contributed by atoms with Crippen LogP contribution in [0.4, 0.5) is 10.2 Å². The van der Waals surface area contributed by atoms with Crippen molar-refractivity contribution in [3.8, 4) is 22.5 Å². The lowest BCUT2D eigenvalue weighted by Gasteiger charge is -2.27. The molecule has 1 aliphatic rings. The van der Waals surface area contributed by atoms with Crippen molar-refractivity contribution >= 4 is 23.5 Å². The summed E-state index contributed by atoms with van der Waals surface area (Å²) in [6, 6.07) is 10.1. The first-order valence-corrected chi connectivity index (χ1v) is 11.7. The summed E-state index contributed by atoms with van der Waals surface area (Å²) in [5.74, 6) is 0.00900. The molecule has 0 saturated carbocycles. The minimum Gasteiger partial charge on any atom is -0.379 e. The molecule has 3 heterocycles. The van der Waals surface area contributed by atoms with E-state index in [4.69, 9.17) is 9.72 Å². The lowest BCUT2D eigenvalue weighted by Crippen LogP contribution is -2.38. The first kappa shape index (κ1) is 22.4. The number of benzene rings is 1. The quantitative estimate of drug-likeness (QED) is 0.547. The van der Waals surface area contributed by atoms with Gasteiger partial charge >= 0.3 is 0 Å². The Morgan fingerprint density at radius 1 is 1.16 bits per heavy atom. The van der Waals surface area contributed by atoms with Gasteiger partial charge in [-0.1, -0.05) is 11.8 Å². The second-order valence-electron chi connectivity index (χ2n) is 7.52. The normalized spacial score (nSPS) is 14.5. The number of nitrogens with one attached hydrogen (secondary N) is 1. The average Bonchev–Trinajstić information content (AvgIpc) is 3.17. The van der Waals surface area contributed by atoms with Gasteiger partial charge in [-0.3, -0.25) is 9.69 Å². The Morgan fingerprint density at radius 3 is 2.59 bits per heavy atom. The maximum Gasteiger partial charge on any atom is 0.222 e. The number of hydrogen-bond acceptors (Lipinski definition) is 6. The number of thioether (sulfide) groups is 1. The van der Waals surface area contributed by atoms with Crippen molar-refractivity contribution in [3.05, 3.63) is 48.4 Å². The van der Waals surface area contributed by atoms with Gasteiger partial charge in [0, 0.05) is 50.4 Å². The second kappa shape index (κ2) is 10.2. The summed E-state index contributed by atoms with van der Waals surface area (Å²) in [7, 11) is 0.